The molecule has 0 spiro atoms. The number of nitrogens with one attached hydrogen (secondary N) is 1. The van der Waals surface area contributed by atoms with Crippen LogP contribution in [0.4, 0.5) is 0 Å². The van der Waals surface area contributed by atoms with Crippen LogP contribution in [0.15, 0.2) is 36.7 Å². The van der Waals surface area contributed by atoms with Gasteiger partial charge in [0.05, 0.1) is 16.3 Å². The predicted octanol–water partition coefficient (Wildman–Crippen LogP) is 3.13. The van der Waals surface area contributed by atoms with Gasteiger partial charge in [-0.3, -0.25) is 4.79 Å². The Morgan fingerprint density at radius 3 is 2.62 bits per heavy atom. The van der Waals surface area contributed by atoms with Gasteiger partial charge in [0.2, 0.25) is 0 Å². The van der Waals surface area contributed by atoms with Gasteiger partial charge in [0.25, 0.3) is 5.91 Å². The lowest BCUT2D eigenvalue weighted by atomic mass is 9.90. The van der Waals surface area contributed by atoms with Gasteiger partial charge in [-0.1, -0.05) is 11.6 Å². The van der Waals surface area contributed by atoms with E-state index in [1.54, 1.807) is 23.0 Å². The summed E-state index contributed by atoms with van der Waals surface area (Å²) in [7, 11) is 4.23. The maximum absolute atomic E-state index is 12.5. The SMILES string of the molecule is CN(C)C1CCC(NC(=O)c2ccc(-n3cccn3)cc2Cl)CC1. The molecule has 0 bridgehead atoms. The fourth-order valence-corrected chi connectivity index (χ4v) is 3.51. The van der Waals surface area contributed by atoms with E-state index in [4.69, 9.17) is 11.6 Å². The normalized spacial score (nSPS) is 21.0. The van der Waals surface area contributed by atoms with E-state index >= 15 is 0 Å². The summed E-state index contributed by atoms with van der Waals surface area (Å²) in [6.45, 7) is 0. The average Bonchev–Trinajstić information content (AvgIpc) is 3.09. The number of nitrogens with zero attached hydrogens (tertiary/aromatic N) is 3. The summed E-state index contributed by atoms with van der Waals surface area (Å²) in [5.74, 6) is -0.0969. The highest BCUT2D eigenvalue weighted by Crippen LogP contribution is 2.24. The third kappa shape index (κ3) is 3.79. The van der Waals surface area contributed by atoms with Crippen LogP contribution in [-0.2, 0) is 0 Å². The fourth-order valence-electron chi connectivity index (χ4n) is 3.25. The predicted molar refractivity (Wildman–Crippen MR) is 95.8 cm³/mol. The highest BCUT2D eigenvalue weighted by Gasteiger charge is 2.24. The number of rotatable bonds is 4. The molecule has 2 aromatic rings. The quantitative estimate of drug-likeness (QED) is 0.925. The van der Waals surface area contributed by atoms with E-state index < -0.39 is 0 Å². The van der Waals surface area contributed by atoms with E-state index in [1.807, 2.05) is 18.3 Å². The number of amides is 1. The molecule has 0 atom stereocenters. The molecule has 0 saturated heterocycles. The lowest BCUT2D eigenvalue weighted by Crippen LogP contribution is -2.41. The molecular weight excluding hydrogens is 324 g/mol. The van der Waals surface area contributed by atoms with Crippen molar-refractivity contribution < 1.29 is 4.79 Å². The molecule has 1 aliphatic carbocycles. The Labute approximate surface area is 147 Å². The molecule has 24 heavy (non-hydrogen) atoms. The molecule has 5 nitrogen and oxygen atoms in total. The zero-order valence-corrected chi connectivity index (χ0v) is 14.8. The van der Waals surface area contributed by atoms with Crippen molar-refractivity contribution in [3.63, 3.8) is 0 Å². The van der Waals surface area contributed by atoms with E-state index in [0.29, 0.717) is 16.6 Å². The first kappa shape index (κ1) is 17.0. The number of benzene rings is 1. The molecule has 1 saturated carbocycles. The molecule has 0 aliphatic heterocycles. The van der Waals surface area contributed by atoms with E-state index in [9.17, 15) is 4.79 Å². The lowest BCUT2D eigenvalue weighted by molar-refractivity contribution is 0.0916. The van der Waals surface area contributed by atoms with Crippen LogP contribution in [0.25, 0.3) is 5.69 Å². The highest BCUT2D eigenvalue weighted by atomic mass is 35.5. The number of hydrogen-bond donors (Lipinski definition) is 1. The van der Waals surface area contributed by atoms with Crippen molar-refractivity contribution in [3.05, 3.63) is 47.2 Å². The number of carbonyl (C=O) groups is 1. The highest BCUT2D eigenvalue weighted by molar-refractivity contribution is 6.34. The Kier molecular flexibility index (Phi) is 5.21. The molecule has 1 aromatic carbocycles. The summed E-state index contributed by atoms with van der Waals surface area (Å²) in [5.41, 5.74) is 1.36. The Morgan fingerprint density at radius 1 is 1.29 bits per heavy atom. The molecule has 1 N–H and O–H groups in total. The maximum Gasteiger partial charge on any atom is 0.253 e. The molecular formula is C18H23ClN4O. The van der Waals surface area contributed by atoms with E-state index in [1.165, 1.54) is 0 Å². The molecule has 0 radical (unpaired) electrons. The summed E-state index contributed by atoms with van der Waals surface area (Å²) in [6, 6.07) is 8.09. The summed E-state index contributed by atoms with van der Waals surface area (Å²) >= 11 is 6.31. The second-order valence-electron chi connectivity index (χ2n) is 6.56. The van der Waals surface area contributed by atoms with Crippen LogP contribution in [0.1, 0.15) is 36.0 Å². The van der Waals surface area contributed by atoms with Crippen LogP contribution in [0.2, 0.25) is 5.02 Å². The Hall–Kier alpha value is -1.85. The average molecular weight is 347 g/mol. The second kappa shape index (κ2) is 7.36. The van der Waals surface area contributed by atoms with Crippen molar-refractivity contribution in [1.29, 1.82) is 0 Å². The van der Waals surface area contributed by atoms with Crippen LogP contribution in [-0.4, -0.2) is 46.8 Å². The fraction of sp³-hybridized carbons (Fsp3) is 0.444. The van der Waals surface area contributed by atoms with Crippen LogP contribution < -0.4 is 5.32 Å². The maximum atomic E-state index is 12.5. The van der Waals surface area contributed by atoms with Crippen molar-refractivity contribution in [2.75, 3.05) is 14.1 Å². The van der Waals surface area contributed by atoms with Gasteiger partial charge >= 0.3 is 0 Å². The minimum absolute atomic E-state index is 0.0969. The van der Waals surface area contributed by atoms with Crippen molar-refractivity contribution in [2.24, 2.45) is 0 Å². The summed E-state index contributed by atoms with van der Waals surface area (Å²) in [6.07, 6.45) is 7.80. The number of aromatic nitrogens is 2. The van der Waals surface area contributed by atoms with Gasteiger partial charge in [-0.15, -0.1) is 0 Å². The van der Waals surface area contributed by atoms with E-state index in [0.717, 1.165) is 31.4 Å². The standard InChI is InChI=1S/C18H23ClN4O/c1-22(2)14-6-4-13(5-7-14)21-18(24)16-9-8-15(12-17(16)19)23-11-3-10-20-23/h3,8-14H,4-7H2,1-2H3,(H,21,24). The van der Waals surface area contributed by atoms with Crippen LogP contribution >= 0.6 is 11.6 Å². The van der Waals surface area contributed by atoms with Crippen molar-refractivity contribution in [1.82, 2.24) is 20.0 Å². The van der Waals surface area contributed by atoms with Gasteiger partial charge in [0.1, 0.15) is 0 Å². The van der Waals surface area contributed by atoms with Gasteiger partial charge in [-0.25, -0.2) is 4.68 Å². The number of hydrogen-bond acceptors (Lipinski definition) is 3. The molecule has 1 heterocycles. The van der Waals surface area contributed by atoms with Gasteiger partial charge in [-0.05, 0) is 64.0 Å². The summed E-state index contributed by atoms with van der Waals surface area (Å²) in [5, 5.41) is 7.74. The van der Waals surface area contributed by atoms with Gasteiger partial charge in [-0.2, -0.15) is 5.10 Å². The molecule has 1 amide bonds. The van der Waals surface area contributed by atoms with Crippen LogP contribution in [0.3, 0.4) is 0 Å². The number of carbonyl (C=O) groups excluding carboxylic acids is 1. The minimum atomic E-state index is -0.0969. The number of halogens is 1. The third-order valence-corrected chi connectivity index (χ3v) is 5.04. The van der Waals surface area contributed by atoms with Gasteiger partial charge in [0.15, 0.2) is 0 Å². The molecule has 3 rings (SSSR count). The zero-order valence-electron chi connectivity index (χ0n) is 14.1. The van der Waals surface area contributed by atoms with Gasteiger partial charge in [0, 0.05) is 24.5 Å². The van der Waals surface area contributed by atoms with Crippen molar-refractivity contribution >= 4 is 17.5 Å². The zero-order chi connectivity index (χ0) is 17.1. The Bertz CT molecular complexity index is 691. The van der Waals surface area contributed by atoms with E-state index in [-0.39, 0.29) is 11.9 Å². The minimum Gasteiger partial charge on any atom is -0.349 e. The van der Waals surface area contributed by atoms with Crippen molar-refractivity contribution in [3.8, 4) is 5.69 Å². The molecule has 6 heteroatoms. The lowest BCUT2D eigenvalue weighted by Gasteiger charge is -2.33. The largest absolute Gasteiger partial charge is 0.349 e. The van der Waals surface area contributed by atoms with Crippen molar-refractivity contribution in [2.45, 2.75) is 37.8 Å². The third-order valence-electron chi connectivity index (χ3n) is 4.73. The molecule has 128 valence electrons. The Balaban J connectivity index is 1.63. The first-order chi connectivity index (χ1) is 11.5. The molecule has 1 aliphatic rings. The smallest absolute Gasteiger partial charge is 0.253 e. The monoisotopic (exact) mass is 346 g/mol. The first-order valence-electron chi connectivity index (χ1n) is 8.31. The van der Waals surface area contributed by atoms with Crippen LogP contribution in [0.5, 0.6) is 0 Å². The second-order valence-corrected chi connectivity index (χ2v) is 6.96. The summed E-state index contributed by atoms with van der Waals surface area (Å²) in [4.78, 5) is 14.8. The summed E-state index contributed by atoms with van der Waals surface area (Å²) < 4.78 is 1.72. The van der Waals surface area contributed by atoms with E-state index in [2.05, 4.69) is 29.4 Å². The Morgan fingerprint density at radius 2 is 2.04 bits per heavy atom. The first-order valence-corrected chi connectivity index (χ1v) is 8.69. The topological polar surface area (TPSA) is 50.2 Å². The molecule has 1 fully saturated rings. The molecule has 0 unspecified atom stereocenters. The van der Waals surface area contributed by atoms with Gasteiger partial charge < -0.3 is 10.2 Å². The molecule has 1 aromatic heterocycles. The van der Waals surface area contributed by atoms with Crippen LogP contribution in [0, 0.1) is 0 Å².